The number of rotatable bonds is 5. The van der Waals surface area contributed by atoms with E-state index >= 15 is 0 Å². The molecule has 2 heterocycles. The first-order valence-electron chi connectivity index (χ1n) is 9.78. The van der Waals surface area contributed by atoms with Gasteiger partial charge in [-0.1, -0.05) is 29.8 Å². The molecule has 1 aromatic heterocycles. The van der Waals surface area contributed by atoms with Crippen LogP contribution in [0.15, 0.2) is 42.5 Å². The quantitative estimate of drug-likeness (QED) is 0.589. The molecule has 0 radical (unpaired) electrons. The van der Waals surface area contributed by atoms with E-state index in [-0.39, 0.29) is 24.7 Å². The lowest BCUT2D eigenvalue weighted by Crippen LogP contribution is -2.59. The van der Waals surface area contributed by atoms with Gasteiger partial charge in [0.15, 0.2) is 0 Å². The third-order valence-corrected chi connectivity index (χ3v) is 6.67. The van der Waals surface area contributed by atoms with Gasteiger partial charge in [-0.15, -0.1) is 0 Å². The number of carbonyl (C=O) groups excluding carboxylic acids is 2. The first-order valence-corrected chi connectivity index (χ1v) is 12.1. The molecule has 2 aromatic carbocycles. The summed E-state index contributed by atoms with van der Waals surface area (Å²) in [5.74, 6) is -0.996. The van der Waals surface area contributed by atoms with Crippen LogP contribution in [0.1, 0.15) is 32.0 Å². The van der Waals surface area contributed by atoms with E-state index in [1.165, 1.54) is 12.1 Å². The number of nitrogens with one attached hydrogen (secondary N) is 2. The van der Waals surface area contributed by atoms with Gasteiger partial charge in [-0.05, 0) is 42.3 Å². The highest BCUT2D eigenvalue weighted by molar-refractivity contribution is 7.89. The lowest BCUT2D eigenvalue weighted by atomic mass is 9.87. The van der Waals surface area contributed by atoms with Gasteiger partial charge in [0.25, 0.3) is 11.8 Å². The number of aryl methyl sites for hydroxylation is 2. The van der Waals surface area contributed by atoms with E-state index in [9.17, 15) is 18.0 Å². The highest BCUT2D eigenvalue weighted by Crippen LogP contribution is 2.32. The number of carbonyl (C=O) groups is 2. The summed E-state index contributed by atoms with van der Waals surface area (Å²) < 4.78 is 31.7. The van der Waals surface area contributed by atoms with E-state index in [0.29, 0.717) is 10.7 Å². The van der Waals surface area contributed by atoms with Crippen LogP contribution in [0.2, 0.25) is 5.02 Å². The van der Waals surface area contributed by atoms with Crippen molar-refractivity contribution in [2.24, 2.45) is 7.05 Å². The third kappa shape index (κ3) is 3.99. The van der Waals surface area contributed by atoms with Gasteiger partial charge >= 0.3 is 0 Å². The molecular formula is C22H22ClN3O5S. The van der Waals surface area contributed by atoms with E-state index in [1.54, 1.807) is 22.8 Å². The Morgan fingerprint density at radius 1 is 1.09 bits per heavy atom. The zero-order chi connectivity index (χ0) is 23.3. The number of benzene rings is 2. The second kappa shape index (κ2) is 7.91. The number of ether oxygens (including phenoxy) is 1. The Balaban J connectivity index is 1.60. The minimum absolute atomic E-state index is 0.194. The lowest BCUT2D eigenvalue weighted by molar-refractivity contribution is -0.0734. The Kier molecular flexibility index (Phi) is 5.52. The molecule has 2 amide bonds. The van der Waals surface area contributed by atoms with E-state index in [0.717, 1.165) is 28.3 Å². The number of amides is 2. The molecule has 2 N–H and O–H groups in total. The second-order valence-corrected chi connectivity index (χ2v) is 10.2. The highest BCUT2D eigenvalue weighted by atomic mass is 35.5. The Hall–Kier alpha value is -2.88. The number of aromatic nitrogens is 1. The minimum atomic E-state index is -3.66. The third-order valence-electron chi connectivity index (χ3n) is 5.61. The number of halogens is 1. The highest BCUT2D eigenvalue weighted by Gasteiger charge is 2.42. The lowest BCUT2D eigenvalue weighted by Gasteiger charge is -2.42. The predicted octanol–water partition coefficient (Wildman–Crippen LogP) is 2.49. The van der Waals surface area contributed by atoms with E-state index < -0.39 is 21.5 Å². The topological polar surface area (TPSA) is 106 Å². The summed E-state index contributed by atoms with van der Waals surface area (Å²) >= 11 is 6.43. The fourth-order valence-electron chi connectivity index (χ4n) is 3.77. The molecule has 0 aliphatic carbocycles. The largest absolute Gasteiger partial charge is 0.376 e. The van der Waals surface area contributed by atoms with Crippen molar-refractivity contribution in [1.29, 1.82) is 0 Å². The molecule has 0 atom stereocenters. The number of hydrogen-bond acceptors (Lipinski definition) is 5. The fraction of sp³-hybridized carbons (Fsp3) is 0.273. The van der Waals surface area contributed by atoms with Gasteiger partial charge in [0, 0.05) is 23.5 Å². The normalized spacial score (nSPS) is 15.2. The summed E-state index contributed by atoms with van der Waals surface area (Å²) in [6.45, 7) is 2.46. The molecule has 1 aliphatic rings. The van der Waals surface area contributed by atoms with Crippen LogP contribution < -0.4 is 10.0 Å². The zero-order valence-electron chi connectivity index (χ0n) is 17.7. The molecule has 32 heavy (non-hydrogen) atoms. The van der Waals surface area contributed by atoms with Gasteiger partial charge in [0.05, 0.1) is 24.5 Å². The first kappa shape index (κ1) is 22.3. The van der Waals surface area contributed by atoms with Crippen molar-refractivity contribution >= 4 is 44.3 Å². The fourth-order valence-corrected chi connectivity index (χ4v) is 4.44. The van der Waals surface area contributed by atoms with Crippen LogP contribution in [0, 0.1) is 6.92 Å². The number of hydrogen-bond donors (Lipinski definition) is 2. The SMILES string of the molecule is Cc1ccc2c(cc(C(=O)NC3(c4ccc(C(=O)NS(C)(=O)=O)cc4)COC3)n2C)c1Cl. The molecule has 3 aromatic rings. The maximum Gasteiger partial charge on any atom is 0.268 e. The summed E-state index contributed by atoms with van der Waals surface area (Å²) in [6, 6.07) is 12.0. The van der Waals surface area contributed by atoms with E-state index in [4.69, 9.17) is 16.3 Å². The van der Waals surface area contributed by atoms with E-state index in [1.807, 2.05) is 30.8 Å². The van der Waals surface area contributed by atoms with Crippen molar-refractivity contribution in [1.82, 2.24) is 14.6 Å². The first-order chi connectivity index (χ1) is 15.0. The van der Waals surface area contributed by atoms with Crippen molar-refractivity contribution in [3.63, 3.8) is 0 Å². The average molecular weight is 476 g/mol. The number of nitrogens with zero attached hydrogens (tertiary/aromatic N) is 1. The monoisotopic (exact) mass is 475 g/mol. The van der Waals surface area contributed by atoms with Crippen LogP contribution >= 0.6 is 11.6 Å². The number of fused-ring (bicyclic) bond motifs is 1. The van der Waals surface area contributed by atoms with Crippen LogP contribution in [0.3, 0.4) is 0 Å². The van der Waals surface area contributed by atoms with Gasteiger partial charge in [-0.25, -0.2) is 13.1 Å². The molecule has 0 saturated carbocycles. The molecule has 168 valence electrons. The maximum absolute atomic E-state index is 13.2. The van der Waals surface area contributed by atoms with Gasteiger partial charge in [-0.2, -0.15) is 0 Å². The zero-order valence-corrected chi connectivity index (χ0v) is 19.3. The van der Waals surface area contributed by atoms with Crippen molar-refractivity contribution in [3.05, 3.63) is 69.9 Å². The van der Waals surface area contributed by atoms with Crippen LogP contribution in [-0.4, -0.2) is 44.3 Å². The summed E-state index contributed by atoms with van der Waals surface area (Å²) in [5, 5.41) is 4.48. The molecule has 1 saturated heterocycles. The standard InChI is InChI=1S/C22H22ClN3O5S/c1-13-4-9-17-16(19(13)23)10-18(26(17)2)21(28)24-22(11-31-12-22)15-7-5-14(6-8-15)20(27)25-32(3,29)30/h4-10H,11-12H2,1-3H3,(H,24,28)(H,25,27). The molecule has 1 aliphatic heterocycles. The summed E-state index contributed by atoms with van der Waals surface area (Å²) in [6.07, 6.45) is 0.914. The van der Waals surface area contributed by atoms with Gasteiger partial charge in [0.1, 0.15) is 11.2 Å². The average Bonchev–Trinajstić information content (AvgIpc) is 3.04. The molecule has 0 unspecified atom stereocenters. The molecule has 0 bridgehead atoms. The van der Waals surface area contributed by atoms with Crippen LogP contribution in [-0.2, 0) is 27.3 Å². The molecular weight excluding hydrogens is 454 g/mol. The summed E-state index contributed by atoms with van der Waals surface area (Å²) in [7, 11) is -1.85. The molecule has 1 fully saturated rings. The Bertz CT molecular complexity index is 1340. The van der Waals surface area contributed by atoms with Crippen LogP contribution in [0.5, 0.6) is 0 Å². The summed E-state index contributed by atoms with van der Waals surface area (Å²) in [4.78, 5) is 25.2. The molecule has 8 nitrogen and oxygen atoms in total. The molecule has 10 heteroatoms. The Labute approximate surface area is 190 Å². The van der Waals surface area contributed by atoms with Crippen LogP contribution in [0.25, 0.3) is 10.9 Å². The van der Waals surface area contributed by atoms with Crippen molar-refractivity contribution in [3.8, 4) is 0 Å². The Morgan fingerprint density at radius 3 is 2.31 bits per heavy atom. The minimum Gasteiger partial charge on any atom is -0.376 e. The second-order valence-electron chi connectivity index (χ2n) is 8.03. The van der Waals surface area contributed by atoms with Gasteiger partial charge in [0.2, 0.25) is 10.0 Å². The molecule has 4 rings (SSSR count). The van der Waals surface area contributed by atoms with Crippen molar-refractivity contribution < 1.29 is 22.7 Å². The van der Waals surface area contributed by atoms with Crippen LogP contribution in [0.4, 0.5) is 0 Å². The Morgan fingerprint density at radius 2 is 1.75 bits per heavy atom. The van der Waals surface area contributed by atoms with Gasteiger partial charge < -0.3 is 14.6 Å². The van der Waals surface area contributed by atoms with Crippen molar-refractivity contribution in [2.45, 2.75) is 12.5 Å². The maximum atomic E-state index is 13.2. The molecule has 0 spiro atoms. The van der Waals surface area contributed by atoms with Crippen molar-refractivity contribution in [2.75, 3.05) is 19.5 Å². The smallest absolute Gasteiger partial charge is 0.268 e. The number of sulfonamides is 1. The van der Waals surface area contributed by atoms with Gasteiger partial charge in [-0.3, -0.25) is 9.59 Å². The summed E-state index contributed by atoms with van der Waals surface area (Å²) in [5.41, 5.74) is 2.44. The van der Waals surface area contributed by atoms with E-state index in [2.05, 4.69) is 5.32 Å². The predicted molar refractivity (Wildman–Crippen MR) is 121 cm³/mol.